The zero-order valence-corrected chi connectivity index (χ0v) is 13.3. The third-order valence-electron chi connectivity index (χ3n) is 4.21. The van der Waals surface area contributed by atoms with Gasteiger partial charge in [0.2, 0.25) is 0 Å². The molecule has 0 amide bonds. The first-order chi connectivity index (χ1) is 9.51. The van der Waals surface area contributed by atoms with Crippen molar-refractivity contribution < 1.29 is 4.39 Å². The van der Waals surface area contributed by atoms with Crippen LogP contribution in [0.1, 0.15) is 32.8 Å². The Morgan fingerprint density at radius 3 is 2.80 bits per heavy atom. The van der Waals surface area contributed by atoms with Crippen LogP contribution < -0.4 is 5.32 Å². The molecule has 1 aromatic carbocycles. The minimum atomic E-state index is -0.345. The Hall–Kier alpha value is -0.640. The number of halogens is 2. The lowest BCUT2D eigenvalue weighted by atomic mass is 9.98. The quantitative estimate of drug-likeness (QED) is 0.912. The average Bonchev–Trinajstić information content (AvgIpc) is 2.42. The van der Waals surface area contributed by atoms with Crippen molar-refractivity contribution in [2.45, 2.75) is 45.8 Å². The van der Waals surface area contributed by atoms with Gasteiger partial charge in [0, 0.05) is 31.7 Å². The predicted octanol–water partition coefficient (Wildman–Crippen LogP) is 3.69. The molecule has 0 radical (unpaired) electrons. The zero-order chi connectivity index (χ0) is 14.7. The van der Waals surface area contributed by atoms with Crippen LogP contribution in [0.25, 0.3) is 0 Å². The van der Waals surface area contributed by atoms with E-state index in [1.807, 2.05) is 6.07 Å². The van der Waals surface area contributed by atoms with Crippen molar-refractivity contribution in [1.82, 2.24) is 10.2 Å². The Labute approximate surface area is 126 Å². The van der Waals surface area contributed by atoms with Gasteiger partial charge in [0.05, 0.1) is 5.02 Å². The molecule has 0 aliphatic carbocycles. The fraction of sp³-hybridized carbons (Fsp3) is 0.625. The van der Waals surface area contributed by atoms with Crippen molar-refractivity contribution in [1.29, 1.82) is 0 Å². The van der Waals surface area contributed by atoms with E-state index in [-0.39, 0.29) is 10.8 Å². The smallest absolute Gasteiger partial charge is 0.141 e. The maximum atomic E-state index is 13.2. The van der Waals surface area contributed by atoms with Crippen LogP contribution in [-0.2, 0) is 6.54 Å². The van der Waals surface area contributed by atoms with E-state index in [1.54, 1.807) is 6.07 Å². The molecule has 20 heavy (non-hydrogen) atoms. The molecule has 0 aromatic heterocycles. The predicted molar refractivity (Wildman–Crippen MR) is 82.5 cm³/mol. The average molecular weight is 299 g/mol. The van der Waals surface area contributed by atoms with Crippen LogP contribution in [0.3, 0.4) is 0 Å². The molecule has 112 valence electrons. The largest absolute Gasteiger partial charge is 0.311 e. The summed E-state index contributed by atoms with van der Waals surface area (Å²) in [5.74, 6) is 0.273. The Kier molecular flexibility index (Phi) is 5.42. The normalized spacial score (nSPS) is 24.3. The van der Waals surface area contributed by atoms with E-state index >= 15 is 0 Å². The van der Waals surface area contributed by atoms with Crippen molar-refractivity contribution in [2.75, 3.05) is 13.1 Å². The highest BCUT2D eigenvalue weighted by Crippen LogP contribution is 2.21. The van der Waals surface area contributed by atoms with Gasteiger partial charge in [0.25, 0.3) is 0 Å². The van der Waals surface area contributed by atoms with Crippen LogP contribution in [0, 0.1) is 11.7 Å². The zero-order valence-electron chi connectivity index (χ0n) is 12.5. The second kappa shape index (κ2) is 6.88. The van der Waals surface area contributed by atoms with Crippen molar-refractivity contribution in [2.24, 2.45) is 5.92 Å². The summed E-state index contributed by atoms with van der Waals surface area (Å²) in [7, 11) is 0. The summed E-state index contributed by atoms with van der Waals surface area (Å²) in [6.45, 7) is 9.60. The SMILES string of the molecule is CCC1CNC(C(C)C)CN1Cc1ccc(F)c(Cl)c1. The molecule has 4 heteroatoms. The first kappa shape index (κ1) is 15.7. The van der Waals surface area contributed by atoms with E-state index in [2.05, 4.69) is 31.0 Å². The van der Waals surface area contributed by atoms with Gasteiger partial charge in [-0.05, 0) is 30.0 Å². The van der Waals surface area contributed by atoms with Gasteiger partial charge in [-0.2, -0.15) is 0 Å². The van der Waals surface area contributed by atoms with E-state index in [4.69, 9.17) is 11.6 Å². The van der Waals surface area contributed by atoms with Gasteiger partial charge in [-0.1, -0.05) is 38.4 Å². The minimum Gasteiger partial charge on any atom is -0.311 e. The molecule has 1 heterocycles. The van der Waals surface area contributed by atoms with Crippen LogP contribution in [0.4, 0.5) is 4.39 Å². The van der Waals surface area contributed by atoms with Gasteiger partial charge in [0.1, 0.15) is 5.82 Å². The standard InChI is InChI=1S/C16H24ClFN2/c1-4-13-8-19-16(11(2)3)10-20(13)9-12-5-6-15(18)14(17)7-12/h5-7,11,13,16,19H,4,8-10H2,1-3H3. The molecule has 1 aliphatic rings. The lowest BCUT2D eigenvalue weighted by Gasteiger charge is -2.41. The molecule has 0 bridgehead atoms. The number of rotatable bonds is 4. The number of hydrogen-bond donors (Lipinski definition) is 1. The third-order valence-corrected chi connectivity index (χ3v) is 4.50. The summed E-state index contributed by atoms with van der Waals surface area (Å²) in [6.07, 6.45) is 1.12. The number of hydrogen-bond acceptors (Lipinski definition) is 2. The molecule has 2 unspecified atom stereocenters. The van der Waals surface area contributed by atoms with Gasteiger partial charge in [0.15, 0.2) is 0 Å². The molecule has 1 aliphatic heterocycles. The van der Waals surface area contributed by atoms with Crippen LogP contribution in [-0.4, -0.2) is 30.1 Å². The molecule has 1 fully saturated rings. The van der Waals surface area contributed by atoms with Crippen molar-refractivity contribution >= 4 is 11.6 Å². The molecule has 1 N–H and O–H groups in total. The lowest BCUT2D eigenvalue weighted by molar-refractivity contribution is 0.103. The van der Waals surface area contributed by atoms with Crippen molar-refractivity contribution in [3.63, 3.8) is 0 Å². The summed E-state index contributed by atoms with van der Waals surface area (Å²) in [6, 6.07) is 6.10. The maximum absolute atomic E-state index is 13.2. The summed E-state index contributed by atoms with van der Waals surface area (Å²) in [4.78, 5) is 2.49. The van der Waals surface area contributed by atoms with Crippen LogP contribution in [0.5, 0.6) is 0 Å². The number of nitrogens with one attached hydrogen (secondary N) is 1. The maximum Gasteiger partial charge on any atom is 0.141 e. The van der Waals surface area contributed by atoms with E-state index in [9.17, 15) is 4.39 Å². The Morgan fingerprint density at radius 2 is 2.20 bits per heavy atom. The number of benzene rings is 1. The Balaban J connectivity index is 2.09. The van der Waals surface area contributed by atoms with Crippen molar-refractivity contribution in [3.05, 3.63) is 34.6 Å². The lowest BCUT2D eigenvalue weighted by Crippen LogP contribution is -2.57. The number of piperazine rings is 1. The first-order valence-electron chi connectivity index (χ1n) is 7.42. The monoisotopic (exact) mass is 298 g/mol. The Morgan fingerprint density at radius 1 is 1.45 bits per heavy atom. The summed E-state index contributed by atoms with van der Waals surface area (Å²) in [5.41, 5.74) is 1.08. The van der Waals surface area contributed by atoms with E-state index in [1.165, 1.54) is 6.07 Å². The second-order valence-electron chi connectivity index (χ2n) is 6.00. The molecular formula is C16H24ClFN2. The Bertz CT molecular complexity index is 450. The fourth-order valence-electron chi connectivity index (χ4n) is 2.80. The van der Waals surface area contributed by atoms with Crippen molar-refractivity contribution in [3.8, 4) is 0 Å². The van der Waals surface area contributed by atoms with Gasteiger partial charge < -0.3 is 5.32 Å². The molecule has 0 saturated carbocycles. The van der Waals surface area contributed by atoms with Gasteiger partial charge >= 0.3 is 0 Å². The van der Waals surface area contributed by atoms with Crippen LogP contribution in [0.15, 0.2) is 18.2 Å². The van der Waals surface area contributed by atoms with Crippen LogP contribution >= 0.6 is 11.6 Å². The highest BCUT2D eigenvalue weighted by atomic mass is 35.5. The highest BCUT2D eigenvalue weighted by Gasteiger charge is 2.28. The molecule has 2 nitrogen and oxygen atoms in total. The fourth-order valence-corrected chi connectivity index (χ4v) is 3.00. The van der Waals surface area contributed by atoms with E-state index in [0.717, 1.165) is 31.6 Å². The molecule has 0 spiro atoms. The second-order valence-corrected chi connectivity index (χ2v) is 6.41. The topological polar surface area (TPSA) is 15.3 Å². The molecular weight excluding hydrogens is 275 g/mol. The molecule has 1 saturated heterocycles. The van der Waals surface area contributed by atoms with Gasteiger partial charge in [-0.25, -0.2) is 4.39 Å². The third kappa shape index (κ3) is 3.72. The molecule has 2 rings (SSSR count). The first-order valence-corrected chi connectivity index (χ1v) is 7.80. The molecule has 2 atom stereocenters. The minimum absolute atomic E-state index is 0.214. The summed E-state index contributed by atoms with van der Waals surface area (Å²) < 4.78 is 13.2. The van der Waals surface area contributed by atoms with E-state index in [0.29, 0.717) is 18.0 Å². The van der Waals surface area contributed by atoms with Gasteiger partial charge in [-0.3, -0.25) is 4.90 Å². The highest BCUT2D eigenvalue weighted by molar-refractivity contribution is 6.30. The van der Waals surface area contributed by atoms with Crippen LogP contribution in [0.2, 0.25) is 5.02 Å². The number of nitrogens with zero attached hydrogens (tertiary/aromatic N) is 1. The summed E-state index contributed by atoms with van der Waals surface area (Å²) >= 11 is 5.88. The molecule has 1 aromatic rings. The van der Waals surface area contributed by atoms with E-state index < -0.39 is 0 Å². The van der Waals surface area contributed by atoms with Gasteiger partial charge in [-0.15, -0.1) is 0 Å². The summed E-state index contributed by atoms with van der Waals surface area (Å²) in [5, 5.41) is 3.84.